The van der Waals surface area contributed by atoms with Crippen molar-refractivity contribution in [1.82, 2.24) is 14.9 Å². The van der Waals surface area contributed by atoms with Crippen molar-refractivity contribution in [2.45, 2.75) is 47.6 Å². The number of aromatic nitrogens is 2. The van der Waals surface area contributed by atoms with Crippen LogP contribution in [0.4, 0.5) is 0 Å². The zero-order valence-corrected chi connectivity index (χ0v) is 13.5. The molecule has 0 unspecified atom stereocenters. The molecule has 0 aliphatic rings. The van der Waals surface area contributed by atoms with Crippen molar-refractivity contribution in [2.24, 2.45) is 5.41 Å². The molecule has 20 heavy (non-hydrogen) atoms. The predicted molar refractivity (Wildman–Crippen MR) is 86.1 cm³/mol. The zero-order valence-electron chi connectivity index (χ0n) is 13.5. The Morgan fingerprint density at radius 2 is 1.90 bits per heavy atom. The van der Waals surface area contributed by atoms with E-state index in [-0.39, 0.29) is 5.41 Å². The molecule has 0 amide bonds. The van der Waals surface area contributed by atoms with E-state index in [2.05, 4.69) is 61.6 Å². The quantitative estimate of drug-likeness (QED) is 0.814. The highest BCUT2D eigenvalue weighted by Crippen LogP contribution is 2.23. The third-order valence-corrected chi connectivity index (χ3v) is 3.87. The molecule has 0 radical (unpaired) electrons. The van der Waals surface area contributed by atoms with E-state index >= 15 is 0 Å². The minimum Gasteiger partial charge on any atom is -0.330 e. The van der Waals surface area contributed by atoms with Crippen molar-refractivity contribution >= 4 is 11.0 Å². The third kappa shape index (κ3) is 3.40. The summed E-state index contributed by atoms with van der Waals surface area (Å²) in [7, 11) is 0. The van der Waals surface area contributed by atoms with Crippen LogP contribution in [-0.2, 0) is 6.54 Å². The molecule has 0 aliphatic heterocycles. The Kier molecular flexibility index (Phi) is 4.48. The Labute approximate surface area is 122 Å². The molecule has 0 bridgehead atoms. The van der Waals surface area contributed by atoms with Gasteiger partial charge in [-0.2, -0.15) is 0 Å². The molecule has 1 aromatic heterocycles. The number of nitrogens with zero attached hydrogens (tertiary/aromatic N) is 2. The van der Waals surface area contributed by atoms with Gasteiger partial charge in [0.1, 0.15) is 0 Å². The van der Waals surface area contributed by atoms with E-state index < -0.39 is 0 Å². The van der Waals surface area contributed by atoms with Crippen LogP contribution in [0.1, 0.15) is 38.3 Å². The van der Waals surface area contributed by atoms with Crippen molar-refractivity contribution in [3.63, 3.8) is 0 Å². The normalized spacial score (nSPS) is 12.2. The van der Waals surface area contributed by atoms with Gasteiger partial charge >= 0.3 is 0 Å². The largest absolute Gasteiger partial charge is 0.330 e. The lowest BCUT2D eigenvalue weighted by atomic mass is 9.93. The van der Waals surface area contributed by atoms with Crippen molar-refractivity contribution in [3.05, 3.63) is 29.6 Å². The van der Waals surface area contributed by atoms with Crippen molar-refractivity contribution in [1.29, 1.82) is 0 Å². The molecule has 1 aromatic carbocycles. The Hall–Kier alpha value is -1.35. The van der Waals surface area contributed by atoms with Gasteiger partial charge in [-0.25, -0.2) is 4.98 Å². The monoisotopic (exact) mass is 273 g/mol. The van der Waals surface area contributed by atoms with Gasteiger partial charge in [-0.1, -0.05) is 20.8 Å². The molecule has 0 saturated heterocycles. The topological polar surface area (TPSA) is 29.9 Å². The summed E-state index contributed by atoms with van der Waals surface area (Å²) < 4.78 is 2.29. The molecule has 0 atom stereocenters. The first-order valence-electron chi connectivity index (χ1n) is 7.56. The fourth-order valence-electron chi connectivity index (χ4n) is 2.56. The highest BCUT2D eigenvalue weighted by Gasteiger charge is 2.19. The van der Waals surface area contributed by atoms with Gasteiger partial charge in [0.2, 0.25) is 0 Å². The molecule has 0 saturated carbocycles. The summed E-state index contributed by atoms with van der Waals surface area (Å²) in [6.45, 7) is 14.2. The number of nitrogens with one attached hydrogen (secondary N) is 1. The van der Waals surface area contributed by atoms with E-state index in [0.717, 1.165) is 25.2 Å². The lowest BCUT2D eigenvalue weighted by Gasteiger charge is -2.26. The predicted octanol–water partition coefficient (Wildman–Crippen LogP) is 3.68. The van der Waals surface area contributed by atoms with Gasteiger partial charge in [0.15, 0.2) is 0 Å². The Morgan fingerprint density at radius 1 is 1.20 bits per heavy atom. The molecule has 2 aromatic rings. The van der Waals surface area contributed by atoms with E-state index in [0.29, 0.717) is 0 Å². The number of rotatable bonds is 6. The lowest BCUT2D eigenvalue weighted by molar-refractivity contribution is 0.293. The van der Waals surface area contributed by atoms with Crippen LogP contribution in [0.2, 0.25) is 0 Å². The van der Waals surface area contributed by atoms with E-state index in [1.807, 2.05) is 6.33 Å². The first kappa shape index (κ1) is 15.0. The maximum atomic E-state index is 4.54. The van der Waals surface area contributed by atoms with E-state index in [1.165, 1.54) is 23.1 Å². The van der Waals surface area contributed by atoms with E-state index in [1.54, 1.807) is 0 Å². The average Bonchev–Trinajstić information content (AvgIpc) is 2.72. The van der Waals surface area contributed by atoms with Crippen LogP contribution in [0.5, 0.6) is 0 Å². The van der Waals surface area contributed by atoms with Crippen molar-refractivity contribution in [3.8, 4) is 0 Å². The highest BCUT2D eigenvalue weighted by molar-refractivity contribution is 5.77. The highest BCUT2D eigenvalue weighted by atomic mass is 15.1. The van der Waals surface area contributed by atoms with Crippen LogP contribution in [0.3, 0.4) is 0 Å². The van der Waals surface area contributed by atoms with Gasteiger partial charge in [0, 0.05) is 13.1 Å². The molecule has 0 fully saturated rings. The number of imidazole rings is 1. The van der Waals surface area contributed by atoms with Crippen LogP contribution < -0.4 is 5.32 Å². The maximum Gasteiger partial charge on any atom is 0.0958 e. The standard InChI is InChI=1S/C17H27N3/c1-6-7-18-10-17(4,5)11-20-12-19-15-8-13(2)14(3)9-16(15)20/h8-9,12,18H,6-7,10-11H2,1-5H3. The number of benzene rings is 1. The average molecular weight is 273 g/mol. The Balaban J connectivity index is 2.19. The minimum absolute atomic E-state index is 0.224. The molecule has 110 valence electrons. The summed E-state index contributed by atoms with van der Waals surface area (Å²) in [4.78, 5) is 4.54. The first-order chi connectivity index (χ1) is 9.43. The van der Waals surface area contributed by atoms with Gasteiger partial charge < -0.3 is 9.88 Å². The van der Waals surface area contributed by atoms with Crippen LogP contribution >= 0.6 is 0 Å². The summed E-state index contributed by atoms with van der Waals surface area (Å²) >= 11 is 0. The number of aryl methyl sites for hydroxylation is 2. The molecule has 2 rings (SSSR count). The van der Waals surface area contributed by atoms with Gasteiger partial charge in [-0.05, 0) is 55.5 Å². The molecule has 1 N–H and O–H groups in total. The molecule has 1 heterocycles. The fourth-order valence-corrected chi connectivity index (χ4v) is 2.56. The summed E-state index contributed by atoms with van der Waals surface area (Å²) in [6, 6.07) is 4.44. The first-order valence-corrected chi connectivity index (χ1v) is 7.56. The van der Waals surface area contributed by atoms with E-state index in [9.17, 15) is 0 Å². The summed E-state index contributed by atoms with van der Waals surface area (Å²) in [6.07, 6.45) is 3.16. The lowest BCUT2D eigenvalue weighted by Crippen LogP contribution is -2.33. The molecule has 0 spiro atoms. The second-order valence-corrected chi connectivity index (χ2v) is 6.64. The summed E-state index contributed by atoms with van der Waals surface area (Å²) in [5.74, 6) is 0. The Bertz CT molecular complexity index is 581. The van der Waals surface area contributed by atoms with Crippen molar-refractivity contribution < 1.29 is 0 Å². The smallest absolute Gasteiger partial charge is 0.0958 e. The summed E-state index contributed by atoms with van der Waals surface area (Å²) in [5, 5.41) is 3.52. The molecule has 0 aliphatic carbocycles. The number of hydrogen-bond acceptors (Lipinski definition) is 2. The second kappa shape index (κ2) is 5.96. The van der Waals surface area contributed by atoms with Crippen LogP contribution in [0.25, 0.3) is 11.0 Å². The van der Waals surface area contributed by atoms with E-state index in [4.69, 9.17) is 0 Å². The zero-order chi connectivity index (χ0) is 14.8. The van der Waals surface area contributed by atoms with Gasteiger partial charge in [-0.15, -0.1) is 0 Å². The maximum absolute atomic E-state index is 4.54. The SMILES string of the molecule is CCCNCC(C)(C)Cn1cnc2cc(C)c(C)cc21. The van der Waals surface area contributed by atoms with Crippen molar-refractivity contribution in [2.75, 3.05) is 13.1 Å². The molecule has 3 nitrogen and oxygen atoms in total. The number of hydrogen-bond donors (Lipinski definition) is 1. The van der Waals surface area contributed by atoms with Gasteiger partial charge in [0.05, 0.1) is 17.4 Å². The molecule has 3 heteroatoms. The van der Waals surface area contributed by atoms with Gasteiger partial charge in [0.25, 0.3) is 0 Å². The molecular formula is C17H27N3. The second-order valence-electron chi connectivity index (χ2n) is 6.64. The van der Waals surface area contributed by atoms with Crippen LogP contribution in [0.15, 0.2) is 18.5 Å². The van der Waals surface area contributed by atoms with Gasteiger partial charge in [-0.3, -0.25) is 0 Å². The Morgan fingerprint density at radius 3 is 2.60 bits per heavy atom. The molecular weight excluding hydrogens is 246 g/mol. The minimum atomic E-state index is 0.224. The summed E-state index contributed by atoms with van der Waals surface area (Å²) in [5.41, 5.74) is 5.22. The third-order valence-electron chi connectivity index (χ3n) is 3.87. The fraction of sp³-hybridized carbons (Fsp3) is 0.588. The van der Waals surface area contributed by atoms with Crippen LogP contribution in [-0.4, -0.2) is 22.6 Å². The number of fused-ring (bicyclic) bond motifs is 1. The van der Waals surface area contributed by atoms with Crippen LogP contribution in [0, 0.1) is 19.3 Å².